The molecule has 0 spiro atoms. The molecule has 0 aliphatic carbocycles. The lowest BCUT2D eigenvalue weighted by molar-refractivity contribution is -0.131. The van der Waals surface area contributed by atoms with E-state index >= 15 is 0 Å². The van der Waals surface area contributed by atoms with Crippen molar-refractivity contribution >= 4 is 5.91 Å². The first-order valence-corrected chi connectivity index (χ1v) is 3.31. The summed E-state index contributed by atoms with van der Waals surface area (Å²) < 4.78 is 0. The summed E-state index contributed by atoms with van der Waals surface area (Å²) in [4.78, 5) is 10.9. The molecule has 1 saturated heterocycles. The summed E-state index contributed by atoms with van der Waals surface area (Å²) in [6, 6.07) is 0. The van der Waals surface area contributed by atoms with Gasteiger partial charge in [0.15, 0.2) is 0 Å². The monoisotopic (exact) mass is 128 g/mol. The fraction of sp³-hybridized carbons (Fsp3) is 0.833. The summed E-state index contributed by atoms with van der Waals surface area (Å²) >= 11 is 0. The van der Waals surface area contributed by atoms with Crippen molar-refractivity contribution in [2.24, 2.45) is 11.8 Å². The highest BCUT2D eigenvalue weighted by Gasteiger charge is 2.27. The van der Waals surface area contributed by atoms with Gasteiger partial charge in [-0.2, -0.15) is 0 Å². The van der Waals surface area contributed by atoms with Gasteiger partial charge in [0.2, 0.25) is 5.91 Å². The quantitative estimate of drug-likeness (QED) is 0.402. The third-order valence-corrected chi connectivity index (χ3v) is 1.84. The molecule has 1 heterocycles. The molecule has 0 bridgehead atoms. The minimum atomic E-state index is 0.109. The van der Waals surface area contributed by atoms with Crippen LogP contribution in [-0.2, 0) is 4.79 Å². The smallest absolute Gasteiger partial charge is 0.239 e. The van der Waals surface area contributed by atoms with Crippen LogP contribution in [0.4, 0.5) is 0 Å². The summed E-state index contributed by atoms with van der Waals surface area (Å²) in [5.74, 6) is 5.64. The van der Waals surface area contributed by atoms with Gasteiger partial charge in [-0.05, 0) is 12.8 Å². The first-order chi connectivity index (χ1) is 4.25. The van der Waals surface area contributed by atoms with Crippen LogP contribution in [0.5, 0.6) is 0 Å². The van der Waals surface area contributed by atoms with E-state index in [0.29, 0.717) is 0 Å². The molecule has 3 nitrogen and oxygen atoms in total. The van der Waals surface area contributed by atoms with Gasteiger partial charge in [0.25, 0.3) is 0 Å². The normalized spacial score (nSPS) is 27.6. The zero-order valence-electron chi connectivity index (χ0n) is 5.63. The number of carbonyl (C=O) groups excluding carboxylic acids is 1. The molecule has 0 aromatic heterocycles. The Labute approximate surface area is 54.8 Å². The van der Waals surface area contributed by atoms with Gasteiger partial charge in [-0.3, -0.25) is 9.80 Å². The van der Waals surface area contributed by atoms with Crippen molar-refractivity contribution in [3.63, 3.8) is 0 Å². The van der Waals surface area contributed by atoms with E-state index in [1.54, 1.807) is 0 Å². The predicted molar refractivity (Wildman–Crippen MR) is 34.3 cm³/mol. The number of rotatable bonds is 1. The number of amides is 1. The van der Waals surface area contributed by atoms with Crippen LogP contribution in [-0.4, -0.2) is 17.5 Å². The van der Waals surface area contributed by atoms with Crippen molar-refractivity contribution in [2.75, 3.05) is 6.54 Å². The SMILES string of the molecule is CCC1CCN(N)C1=O. The summed E-state index contributed by atoms with van der Waals surface area (Å²) in [5, 5.41) is 1.31. The van der Waals surface area contributed by atoms with Gasteiger partial charge < -0.3 is 0 Å². The predicted octanol–water partition coefficient (Wildman–Crippen LogP) is 0.119. The maximum atomic E-state index is 10.9. The minimum Gasteiger partial charge on any atom is -0.280 e. The standard InChI is InChI=1S/C6H12N2O/c1-2-5-3-4-8(7)6(5)9/h5H,2-4,7H2,1H3. The van der Waals surface area contributed by atoms with E-state index in [1.807, 2.05) is 6.92 Å². The molecule has 1 fully saturated rings. The highest BCUT2D eigenvalue weighted by Crippen LogP contribution is 2.17. The van der Waals surface area contributed by atoms with E-state index in [0.717, 1.165) is 19.4 Å². The molecule has 1 atom stereocenters. The average Bonchev–Trinajstić information content (AvgIpc) is 2.15. The number of nitrogens with zero attached hydrogens (tertiary/aromatic N) is 1. The minimum absolute atomic E-state index is 0.109. The van der Waals surface area contributed by atoms with E-state index in [1.165, 1.54) is 5.01 Å². The van der Waals surface area contributed by atoms with Crippen molar-refractivity contribution in [3.05, 3.63) is 0 Å². The first kappa shape index (κ1) is 6.55. The largest absolute Gasteiger partial charge is 0.280 e. The van der Waals surface area contributed by atoms with Crippen molar-refractivity contribution < 1.29 is 4.79 Å². The molecule has 1 aliphatic heterocycles. The lowest BCUT2D eigenvalue weighted by atomic mass is 10.1. The Bertz CT molecular complexity index is 124. The summed E-state index contributed by atoms with van der Waals surface area (Å²) in [5.41, 5.74) is 0. The topological polar surface area (TPSA) is 46.3 Å². The lowest BCUT2D eigenvalue weighted by Crippen LogP contribution is -2.33. The number of nitrogens with two attached hydrogens (primary N) is 1. The molecule has 9 heavy (non-hydrogen) atoms. The summed E-state index contributed by atoms with van der Waals surface area (Å²) in [6.07, 6.45) is 1.86. The number of hydrogen-bond acceptors (Lipinski definition) is 2. The second-order valence-electron chi connectivity index (χ2n) is 2.43. The molecule has 2 N–H and O–H groups in total. The second kappa shape index (κ2) is 2.35. The number of carbonyl (C=O) groups is 1. The Kier molecular flexibility index (Phi) is 1.71. The van der Waals surface area contributed by atoms with Gasteiger partial charge in [0.1, 0.15) is 0 Å². The molecule has 1 unspecified atom stereocenters. The molecule has 0 radical (unpaired) electrons. The fourth-order valence-corrected chi connectivity index (χ4v) is 1.14. The maximum Gasteiger partial charge on any atom is 0.239 e. The molecule has 0 saturated carbocycles. The van der Waals surface area contributed by atoms with Crippen LogP contribution >= 0.6 is 0 Å². The second-order valence-corrected chi connectivity index (χ2v) is 2.43. The lowest BCUT2D eigenvalue weighted by Gasteiger charge is -2.06. The van der Waals surface area contributed by atoms with Gasteiger partial charge in [-0.1, -0.05) is 6.92 Å². The van der Waals surface area contributed by atoms with Crippen LogP contribution < -0.4 is 5.84 Å². The summed E-state index contributed by atoms with van der Waals surface area (Å²) in [6.45, 7) is 2.75. The fourth-order valence-electron chi connectivity index (χ4n) is 1.14. The van der Waals surface area contributed by atoms with Gasteiger partial charge in [0.05, 0.1) is 0 Å². The highest BCUT2D eigenvalue weighted by atomic mass is 16.2. The van der Waals surface area contributed by atoms with E-state index in [-0.39, 0.29) is 11.8 Å². The molecule has 1 amide bonds. The Hall–Kier alpha value is -0.570. The van der Waals surface area contributed by atoms with Gasteiger partial charge in [-0.15, -0.1) is 0 Å². The Morgan fingerprint density at radius 2 is 2.56 bits per heavy atom. The average molecular weight is 128 g/mol. The van der Waals surface area contributed by atoms with E-state index < -0.39 is 0 Å². The molecular formula is C6H12N2O. The Morgan fingerprint density at radius 1 is 1.89 bits per heavy atom. The van der Waals surface area contributed by atoms with Crippen LogP contribution in [0.1, 0.15) is 19.8 Å². The van der Waals surface area contributed by atoms with Gasteiger partial charge >= 0.3 is 0 Å². The van der Waals surface area contributed by atoms with Gasteiger partial charge in [-0.25, -0.2) is 5.84 Å². The molecule has 0 aromatic rings. The third kappa shape index (κ3) is 1.05. The molecule has 1 rings (SSSR count). The van der Waals surface area contributed by atoms with Crippen LogP contribution in [0.25, 0.3) is 0 Å². The summed E-state index contributed by atoms with van der Waals surface area (Å²) in [7, 11) is 0. The molecule has 52 valence electrons. The number of hydrogen-bond donors (Lipinski definition) is 1. The van der Waals surface area contributed by atoms with Crippen LogP contribution in [0.15, 0.2) is 0 Å². The zero-order chi connectivity index (χ0) is 6.85. The molecular weight excluding hydrogens is 116 g/mol. The maximum absolute atomic E-state index is 10.9. The van der Waals surface area contributed by atoms with E-state index in [9.17, 15) is 4.79 Å². The Morgan fingerprint density at radius 3 is 2.78 bits per heavy atom. The third-order valence-electron chi connectivity index (χ3n) is 1.84. The van der Waals surface area contributed by atoms with Crippen LogP contribution in [0.3, 0.4) is 0 Å². The van der Waals surface area contributed by atoms with Crippen LogP contribution in [0, 0.1) is 5.92 Å². The van der Waals surface area contributed by atoms with Crippen molar-refractivity contribution in [1.82, 2.24) is 5.01 Å². The molecule has 0 aromatic carbocycles. The van der Waals surface area contributed by atoms with Crippen molar-refractivity contribution in [3.8, 4) is 0 Å². The molecule has 3 heteroatoms. The van der Waals surface area contributed by atoms with Gasteiger partial charge in [0, 0.05) is 12.5 Å². The molecule has 1 aliphatic rings. The Balaban J connectivity index is 2.51. The van der Waals surface area contributed by atoms with Crippen molar-refractivity contribution in [2.45, 2.75) is 19.8 Å². The number of hydrazine groups is 1. The van der Waals surface area contributed by atoms with E-state index in [4.69, 9.17) is 5.84 Å². The van der Waals surface area contributed by atoms with Crippen molar-refractivity contribution in [1.29, 1.82) is 0 Å². The van der Waals surface area contributed by atoms with E-state index in [2.05, 4.69) is 0 Å². The highest BCUT2D eigenvalue weighted by molar-refractivity contribution is 5.80. The zero-order valence-corrected chi connectivity index (χ0v) is 5.63. The van der Waals surface area contributed by atoms with Crippen LogP contribution in [0.2, 0.25) is 0 Å². The first-order valence-electron chi connectivity index (χ1n) is 3.31.